The van der Waals surface area contributed by atoms with Crippen LogP contribution in [0.25, 0.3) is 0 Å². The summed E-state index contributed by atoms with van der Waals surface area (Å²) in [5.41, 5.74) is 1.55. The molecule has 26 heavy (non-hydrogen) atoms. The highest BCUT2D eigenvalue weighted by molar-refractivity contribution is 6.03. The third kappa shape index (κ3) is 3.92. The minimum absolute atomic E-state index is 0.0122. The van der Waals surface area contributed by atoms with Crippen molar-refractivity contribution in [2.24, 2.45) is 0 Å². The van der Waals surface area contributed by atoms with Gasteiger partial charge < -0.3 is 4.74 Å². The molecule has 0 N–H and O–H groups in total. The van der Waals surface area contributed by atoms with E-state index in [1.165, 1.54) is 0 Å². The summed E-state index contributed by atoms with van der Waals surface area (Å²) in [6, 6.07) is 29.3. The Bertz CT molecular complexity index is 826. The molecule has 0 spiro atoms. The summed E-state index contributed by atoms with van der Waals surface area (Å²) in [5, 5.41) is 0. The van der Waals surface area contributed by atoms with Crippen molar-refractivity contribution in [3.8, 4) is 0 Å². The fourth-order valence-corrected chi connectivity index (χ4v) is 3.29. The Balaban J connectivity index is 2.15. The number of carbonyl (C=O) groups excluding carboxylic acids is 1. The van der Waals surface area contributed by atoms with E-state index in [0.29, 0.717) is 12.0 Å². The zero-order chi connectivity index (χ0) is 18.4. The van der Waals surface area contributed by atoms with Crippen molar-refractivity contribution in [1.82, 2.24) is 0 Å². The van der Waals surface area contributed by atoms with Gasteiger partial charge in [-0.05, 0) is 25.0 Å². The molecule has 0 aliphatic carbocycles. The first-order valence-corrected chi connectivity index (χ1v) is 8.99. The Kier molecular flexibility index (Phi) is 5.65. The van der Waals surface area contributed by atoms with E-state index in [2.05, 4.69) is 0 Å². The lowest BCUT2D eigenvalue weighted by molar-refractivity contribution is -0.0611. The number of hydrogen-bond acceptors (Lipinski definition) is 2. The molecule has 1 unspecified atom stereocenters. The second-order valence-corrected chi connectivity index (χ2v) is 6.72. The van der Waals surface area contributed by atoms with Gasteiger partial charge in [-0.1, -0.05) is 91.0 Å². The lowest BCUT2D eigenvalue weighted by Gasteiger charge is -2.35. The number of ether oxygens (including phenoxy) is 1. The minimum atomic E-state index is -1.06. The SMILES string of the molecule is CC(C)OC(Cc1ccccc1)(C(=O)c1ccccc1)c1ccccc1. The van der Waals surface area contributed by atoms with Crippen LogP contribution in [0.3, 0.4) is 0 Å². The summed E-state index contributed by atoms with van der Waals surface area (Å²) in [6.07, 6.45) is 0.399. The predicted octanol–water partition coefficient (Wildman–Crippen LogP) is 5.43. The lowest BCUT2D eigenvalue weighted by Crippen LogP contribution is -2.43. The van der Waals surface area contributed by atoms with Gasteiger partial charge in [0.05, 0.1) is 6.10 Å². The first-order valence-electron chi connectivity index (χ1n) is 8.99. The van der Waals surface area contributed by atoms with Crippen molar-refractivity contribution in [3.63, 3.8) is 0 Å². The summed E-state index contributed by atoms with van der Waals surface area (Å²) in [6.45, 7) is 3.95. The van der Waals surface area contributed by atoms with Crippen LogP contribution < -0.4 is 0 Å². The van der Waals surface area contributed by atoms with E-state index in [9.17, 15) is 4.79 Å². The van der Waals surface area contributed by atoms with Crippen molar-refractivity contribution in [3.05, 3.63) is 108 Å². The highest BCUT2D eigenvalue weighted by Crippen LogP contribution is 2.35. The van der Waals surface area contributed by atoms with Gasteiger partial charge in [-0.2, -0.15) is 0 Å². The molecule has 0 fully saturated rings. The molecule has 2 heteroatoms. The monoisotopic (exact) mass is 344 g/mol. The number of benzene rings is 3. The summed E-state index contributed by atoms with van der Waals surface area (Å²) < 4.78 is 6.39. The summed E-state index contributed by atoms with van der Waals surface area (Å²) in [7, 11) is 0. The Labute approximate surface area is 155 Å². The van der Waals surface area contributed by atoms with Crippen molar-refractivity contribution in [2.45, 2.75) is 32.0 Å². The van der Waals surface area contributed by atoms with Crippen LogP contribution in [0.4, 0.5) is 0 Å². The average molecular weight is 344 g/mol. The van der Waals surface area contributed by atoms with E-state index >= 15 is 0 Å². The van der Waals surface area contributed by atoms with E-state index in [-0.39, 0.29) is 11.9 Å². The Morgan fingerprint density at radius 3 is 1.85 bits per heavy atom. The summed E-state index contributed by atoms with van der Waals surface area (Å²) >= 11 is 0. The van der Waals surface area contributed by atoms with Gasteiger partial charge in [0.25, 0.3) is 0 Å². The molecule has 3 aromatic carbocycles. The average Bonchev–Trinajstić information content (AvgIpc) is 2.68. The smallest absolute Gasteiger partial charge is 0.199 e. The number of hydrogen-bond donors (Lipinski definition) is 0. The van der Waals surface area contributed by atoms with Crippen LogP contribution in [0.5, 0.6) is 0 Å². The molecule has 0 aliphatic heterocycles. The van der Waals surface area contributed by atoms with Crippen molar-refractivity contribution in [1.29, 1.82) is 0 Å². The first kappa shape index (κ1) is 18.1. The minimum Gasteiger partial charge on any atom is -0.359 e. The Morgan fingerprint density at radius 2 is 1.31 bits per heavy atom. The van der Waals surface area contributed by atoms with Crippen LogP contribution in [-0.4, -0.2) is 11.9 Å². The molecule has 3 rings (SSSR count). The van der Waals surface area contributed by atoms with Crippen LogP contribution in [0.2, 0.25) is 0 Å². The summed E-state index contributed by atoms with van der Waals surface area (Å²) in [5.74, 6) is -0.0122. The molecule has 0 bridgehead atoms. The molecule has 0 saturated heterocycles. The van der Waals surface area contributed by atoms with Crippen molar-refractivity contribution >= 4 is 5.78 Å². The van der Waals surface area contributed by atoms with E-state index in [1.54, 1.807) is 0 Å². The molecule has 0 aliphatic rings. The number of carbonyl (C=O) groups is 1. The third-order valence-corrected chi connectivity index (χ3v) is 4.38. The maximum atomic E-state index is 13.7. The standard InChI is InChI=1S/C24H24O2/c1-19(2)26-24(22-16-10-5-11-17-22,18-20-12-6-3-7-13-20)23(25)21-14-8-4-9-15-21/h3-17,19H,18H2,1-2H3. The maximum absolute atomic E-state index is 13.7. The first-order chi connectivity index (χ1) is 12.6. The number of Topliss-reactive ketones (excluding diaryl/α,β-unsaturated/α-hetero) is 1. The van der Waals surface area contributed by atoms with Gasteiger partial charge in [0, 0.05) is 12.0 Å². The molecule has 0 heterocycles. The zero-order valence-electron chi connectivity index (χ0n) is 15.3. The third-order valence-electron chi connectivity index (χ3n) is 4.38. The van der Waals surface area contributed by atoms with Gasteiger partial charge in [-0.3, -0.25) is 4.79 Å². The Morgan fingerprint density at radius 1 is 0.808 bits per heavy atom. The second-order valence-electron chi connectivity index (χ2n) is 6.72. The van der Waals surface area contributed by atoms with Gasteiger partial charge in [0.15, 0.2) is 11.4 Å². The second kappa shape index (κ2) is 8.11. The van der Waals surface area contributed by atoms with Crippen LogP contribution >= 0.6 is 0 Å². The molecule has 3 aromatic rings. The van der Waals surface area contributed by atoms with Crippen LogP contribution in [0.1, 0.15) is 35.3 Å². The molecular formula is C24H24O2. The highest BCUT2D eigenvalue weighted by atomic mass is 16.5. The van der Waals surface area contributed by atoms with E-state index in [0.717, 1.165) is 11.1 Å². The zero-order valence-corrected chi connectivity index (χ0v) is 15.3. The van der Waals surface area contributed by atoms with Gasteiger partial charge >= 0.3 is 0 Å². The molecule has 0 radical (unpaired) electrons. The molecule has 0 amide bonds. The quantitative estimate of drug-likeness (QED) is 0.534. The van der Waals surface area contributed by atoms with Gasteiger partial charge in [-0.25, -0.2) is 0 Å². The topological polar surface area (TPSA) is 26.3 Å². The molecule has 1 atom stereocenters. The fraction of sp³-hybridized carbons (Fsp3) is 0.208. The number of rotatable bonds is 7. The normalized spacial score (nSPS) is 13.3. The summed E-state index contributed by atoms with van der Waals surface area (Å²) in [4.78, 5) is 13.7. The van der Waals surface area contributed by atoms with Gasteiger partial charge in [0.1, 0.15) is 0 Å². The van der Waals surface area contributed by atoms with Crippen molar-refractivity contribution in [2.75, 3.05) is 0 Å². The van der Waals surface area contributed by atoms with Gasteiger partial charge in [-0.15, -0.1) is 0 Å². The lowest BCUT2D eigenvalue weighted by atomic mass is 9.80. The molecular weight excluding hydrogens is 320 g/mol. The van der Waals surface area contributed by atoms with Crippen LogP contribution in [0.15, 0.2) is 91.0 Å². The van der Waals surface area contributed by atoms with Gasteiger partial charge in [0.2, 0.25) is 0 Å². The fourth-order valence-electron chi connectivity index (χ4n) is 3.29. The Hall–Kier alpha value is -2.71. The molecule has 2 nitrogen and oxygen atoms in total. The highest BCUT2D eigenvalue weighted by Gasteiger charge is 2.42. The predicted molar refractivity (Wildman–Crippen MR) is 105 cm³/mol. The van der Waals surface area contributed by atoms with Crippen molar-refractivity contribution < 1.29 is 9.53 Å². The van der Waals surface area contributed by atoms with E-state index in [1.807, 2.05) is 105 Å². The van der Waals surface area contributed by atoms with E-state index < -0.39 is 5.60 Å². The number of ketones is 1. The molecule has 132 valence electrons. The largest absolute Gasteiger partial charge is 0.359 e. The maximum Gasteiger partial charge on any atom is 0.199 e. The molecule has 0 saturated carbocycles. The van der Waals surface area contributed by atoms with Crippen LogP contribution in [-0.2, 0) is 16.8 Å². The van der Waals surface area contributed by atoms with Crippen LogP contribution in [0, 0.1) is 0 Å². The van der Waals surface area contributed by atoms with E-state index in [4.69, 9.17) is 4.74 Å². The molecule has 0 aromatic heterocycles.